The SMILES string of the molecule is CC(O)CC(C)Nc1ccc(C#N)c2ccccc12. The summed E-state index contributed by atoms with van der Waals surface area (Å²) in [7, 11) is 0. The van der Waals surface area contributed by atoms with Gasteiger partial charge in [0, 0.05) is 22.5 Å². The fourth-order valence-electron chi connectivity index (χ4n) is 2.36. The van der Waals surface area contributed by atoms with Gasteiger partial charge < -0.3 is 10.4 Å². The smallest absolute Gasteiger partial charge is 0.0998 e. The standard InChI is InChI=1S/C16H18N2O/c1-11(9-12(2)19)18-16-8-7-13(10-17)14-5-3-4-6-15(14)16/h3-8,11-12,18-19H,9H2,1-2H3. The Kier molecular flexibility index (Phi) is 4.03. The van der Waals surface area contributed by atoms with Crippen molar-refractivity contribution in [2.45, 2.75) is 32.4 Å². The molecule has 98 valence electrons. The number of hydrogen-bond donors (Lipinski definition) is 2. The van der Waals surface area contributed by atoms with Crippen molar-refractivity contribution in [1.29, 1.82) is 5.26 Å². The van der Waals surface area contributed by atoms with Gasteiger partial charge in [-0.25, -0.2) is 0 Å². The quantitative estimate of drug-likeness (QED) is 0.880. The second-order valence-corrected chi connectivity index (χ2v) is 4.95. The Morgan fingerprint density at radius 2 is 1.84 bits per heavy atom. The van der Waals surface area contributed by atoms with Gasteiger partial charge in [0.25, 0.3) is 0 Å². The van der Waals surface area contributed by atoms with Gasteiger partial charge in [0.15, 0.2) is 0 Å². The molecule has 2 atom stereocenters. The van der Waals surface area contributed by atoms with E-state index in [-0.39, 0.29) is 12.1 Å². The third-order valence-electron chi connectivity index (χ3n) is 3.14. The van der Waals surface area contributed by atoms with Crippen molar-refractivity contribution in [3.8, 4) is 6.07 Å². The lowest BCUT2D eigenvalue weighted by molar-refractivity contribution is 0.179. The first kappa shape index (κ1) is 13.4. The van der Waals surface area contributed by atoms with Gasteiger partial charge in [-0.3, -0.25) is 0 Å². The second-order valence-electron chi connectivity index (χ2n) is 4.95. The normalized spacial score (nSPS) is 13.8. The van der Waals surface area contributed by atoms with Crippen LogP contribution in [-0.2, 0) is 0 Å². The van der Waals surface area contributed by atoms with Gasteiger partial charge in [-0.1, -0.05) is 24.3 Å². The molecule has 2 N–H and O–H groups in total. The predicted octanol–water partition coefficient (Wildman–Crippen LogP) is 3.28. The van der Waals surface area contributed by atoms with E-state index in [2.05, 4.69) is 11.4 Å². The largest absolute Gasteiger partial charge is 0.393 e. The van der Waals surface area contributed by atoms with Crippen LogP contribution in [0.15, 0.2) is 36.4 Å². The molecule has 0 radical (unpaired) electrons. The van der Waals surface area contributed by atoms with Gasteiger partial charge >= 0.3 is 0 Å². The molecule has 0 amide bonds. The lowest BCUT2D eigenvalue weighted by Crippen LogP contribution is -2.20. The van der Waals surface area contributed by atoms with Crippen LogP contribution in [0.25, 0.3) is 10.8 Å². The molecule has 0 aliphatic carbocycles. The zero-order valence-corrected chi connectivity index (χ0v) is 11.2. The van der Waals surface area contributed by atoms with Crippen molar-refractivity contribution in [3.05, 3.63) is 42.0 Å². The van der Waals surface area contributed by atoms with Gasteiger partial charge in [0.05, 0.1) is 17.7 Å². The van der Waals surface area contributed by atoms with Crippen molar-refractivity contribution in [3.63, 3.8) is 0 Å². The number of hydrogen-bond acceptors (Lipinski definition) is 3. The van der Waals surface area contributed by atoms with Gasteiger partial charge in [0.2, 0.25) is 0 Å². The van der Waals surface area contributed by atoms with Crippen molar-refractivity contribution in [2.75, 3.05) is 5.32 Å². The summed E-state index contributed by atoms with van der Waals surface area (Å²) in [5, 5.41) is 23.9. The molecule has 2 rings (SSSR count). The molecule has 0 aromatic heterocycles. The molecule has 0 saturated heterocycles. The van der Waals surface area contributed by atoms with E-state index in [4.69, 9.17) is 5.26 Å². The number of aliphatic hydroxyl groups is 1. The minimum atomic E-state index is -0.327. The molecule has 2 aromatic carbocycles. The monoisotopic (exact) mass is 254 g/mol. The maximum absolute atomic E-state index is 9.41. The number of nitrogens with zero attached hydrogens (tertiary/aromatic N) is 1. The number of benzene rings is 2. The van der Waals surface area contributed by atoms with E-state index in [9.17, 15) is 5.11 Å². The molecule has 0 fully saturated rings. The van der Waals surface area contributed by atoms with Crippen LogP contribution in [-0.4, -0.2) is 17.3 Å². The maximum Gasteiger partial charge on any atom is 0.0998 e. The topological polar surface area (TPSA) is 56.0 Å². The van der Waals surface area contributed by atoms with Crippen LogP contribution >= 0.6 is 0 Å². The first-order valence-electron chi connectivity index (χ1n) is 6.48. The fourth-order valence-corrected chi connectivity index (χ4v) is 2.36. The van der Waals surface area contributed by atoms with E-state index in [1.165, 1.54) is 0 Å². The average molecular weight is 254 g/mol. The summed E-state index contributed by atoms with van der Waals surface area (Å²) < 4.78 is 0. The molecule has 3 nitrogen and oxygen atoms in total. The highest BCUT2D eigenvalue weighted by atomic mass is 16.3. The van der Waals surface area contributed by atoms with Gasteiger partial charge in [-0.15, -0.1) is 0 Å². The Labute approximate surface area is 113 Å². The lowest BCUT2D eigenvalue weighted by Gasteiger charge is -2.18. The second kappa shape index (κ2) is 5.73. The summed E-state index contributed by atoms with van der Waals surface area (Å²) >= 11 is 0. The number of rotatable bonds is 4. The van der Waals surface area contributed by atoms with E-state index in [1.807, 2.05) is 43.3 Å². The number of nitrogens with one attached hydrogen (secondary N) is 1. The predicted molar refractivity (Wildman–Crippen MR) is 78.0 cm³/mol. The Bertz CT molecular complexity index is 614. The Morgan fingerprint density at radius 1 is 1.16 bits per heavy atom. The van der Waals surface area contributed by atoms with Crippen LogP contribution in [0.1, 0.15) is 25.8 Å². The van der Waals surface area contributed by atoms with Crippen molar-refractivity contribution in [1.82, 2.24) is 0 Å². The first-order chi connectivity index (χ1) is 9.11. The molecular formula is C16H18N2O. The van der Waals surface area contributed by atoms with Crippen LogP contribution in [0.4, 0.5) is 5.69 Å². The number of aliphatic hydroxyl groups excluding tert-OH is 1. The van der Waals surface area contributed by atoms with Crippen LogP contribution < -0.4 is 5.32 Å². The molecule has 19 heavy (non-hydrogen) atoms. The molecule has 0 bridgehead atoms. The van der Waals surface area contributed by atoms with E-state index in [0.717, 1.165) is 16.5 Å². The van der Waals surface area contributed by atoms with Gasteiger partial charge in [-0.2, -0.15) is 5.26 Å². The van der Waals surface area contributed by atoms with Crippen LogP contribution in [0, 0.1) is 11.3 Å². The summed E-state index contributed by atoms with van der Waals surface area (Å²) in [5.41, 5.74) is 1.69. The number of fused-ring (bicyclic) bond motifs is 1. The molecular weight excluding hydrogens is 236 g/mol. The molecule has 2 aromatic rings. The van der Waals surface area contributed by atoms with E-state index < -0.39 is 0 Å². The number of anilines is 1. The summed E-state index contributed by atoms with van der Waals surface area (Å²) in [6.07, 6.45) is 0.362. The number of nitriles is 1. The lowest BCUT2D eigenvalue weighted by atomic mass is 10.0. The Balaban J connectivity index is 2.37. The molecule has 0 aliphatic heterocycles. The first-order valence-corrected chi connectivity index (χ1v) is 6.48. The molecule has 0 saturated carbocycles. The van der Waals surface area contributed by atoms with E-state index in [1.54, 1.807) is 6.92 Å². The highest BCUT2D eigenvalue weighted by molar-refractivity contribution is 5.97. The molecule has 2 unspecified atom stereocenters. The van der Waals surface area contributed by atoms with Crippen molar-refractivity contribution in [2.24, 2.45) is 0 Å². The minimum absolute atomic E-state index is 0.177. The van der Waals surface area contributed by atoms with Crippen LogP contribution in [0.3, 0.4) is 0 Å². The minimum Gasteiger partial charge on any atom is -0.393 e. The van der Waals surface area contributed by atoms with Crippen LogP contribution in [0.2, 0.25) is 0 Å². The average Bonchev–Trinajstić information content (AvgIpc) is 2.38. The zero-order valence-electron chi connectivity index (χ0n) is 11.2. The van der Waals surface area contributed by atoms with Crippen LogP contribution in [0.5, 0.6) is 0 Å². The summed E-state index contributed by atoms with van der Waals surface area (Å²) in [6, 6.07) is 14.0. The van der Waals surface area contributed by atoms with Gasteiger partial charge in [-0.05, 0) is 32.4 Å². The Morgan fingerprint density at radius 3 is 2.47 bits per heavy atom. The highest BCUT2D eigenvalue weighted by Gasteiger charge is 2.09. The summed E-state index contributed by atoms with van der Waals surface area (Å²) in [4.78, 5) is 0. The zero-order chi connectivity index (χ0) is 13.8. The van der Waals surface area contributed by atoms with E-state index in [0.29, 0.717) is 12.0 Å². The summed E-state index contributed by atoms with van der Waals surface area (Å²) in [5.74, 6) is 0. The maximum atomic E-state index is 9.41. The Hall–Kier alpha value is -2.05. The highest BCUT2D eigenvalue weighted by Crippen LogP contribution is 2.27. The fraction of sp³-hybridized carbons (Fsp3) is 0.312. The van der Waals surface area contributed by atoms with E-state index >= 15 is 0 Å². The van der Waals surface area contributed by atoms with Gasteiger partial charge in [0.1, 0.15) is 0 Å². The third-order valence-corrected chi connectivity index (χ3v) is 3.14. The summed E-state index contributed by atoms with van der Waals surface area (Å²) in [6.45, 7) is 3.83. The van der Waals surface area contributed by atoms with Crippen molar-refractivity contribution >= 4 is 16.5 Å². The molecule has 0 spiro atoms. The molecule has 3 heteroatoms. The van der Waals surface area contributed by atoms with Crippen molar-refractivity contribution < 1.29 is 5.11 Å². The molecule has 0 aliphatic rings. The third kappa shape index (κ3) is 3.04. The molecule has 0 heterocycles.